The lowest BCUT2D eigenvalue weighted by Gasteiger charge is -2.31. The Morgan fingerprint density at radius 3 is 2.55 bits per heavy atom. The van der Waals surface area contributed by atoms with Crippen LogP contribution in [0.1, 0.15) is 43.4 Å². The van der Waals surface area contributed by atoms with Crippen LogP contribution in [-0.4, -0.2) is 45.1 Å². The number of hydrogen-bond donors (Lipinski definition) is 0. The number of fused-ring (bicyclic) bond motifs is 1. The normalized spacial score (nSPS) is 14.4. The van der Waals surface area contributed by atoms with Crippen molar-refractivity contribution in [2.24, 2.45) is 0 Å². The first-order chi connectivity index (χ1) is 15.8. The number of carbonyl (C=O) groups excluding carboxylic acids is 1. The van der Waals surface area contributed by atoms with Gasteiger partial charge in [-0.15, -0.1) is 0 Å². The second-order valence-corrected chi connectivity index (χ2v) is 8.76. The summed E-state index contributed by atoms with van der Waals surface area (Å²) in [6.45, 7) is 3.32. The molecule has 3 aromatic rings. The van der Waals surface area contributed by atoms with Crippen molar-refractivity contribution < 1.29 is 9.53 Å². The molecule has 174 valence electrons. The zero-order valence-corrected chi connectivity index (χ0v) is 19.6. The van der Waals surface area contributed by atoms with Gasteiger partial charge in [-0.05, 0) is 50.5 Å². The highest BCUT2D eigenvalue weighted by atomic mass is 16.5. The van der Waals surface area contributed by atoms with Crippen LogP contribution in [0.15, 0.2) is 39.9 Å². The van der Waals surface area contributed by atoms with E-state index in [9.17, 15) is 14.4 Å². The zero-order chi connectivity index (χ0) is 23.7. The number of nitrogens with zero attached hydrogens (tertiary/aromatic N) is 4. The number of ether oxygens (including phenoxy) is 1. The molecule has 0 unspecified atom stereocenters. The van der Waals surface area contributed by atoms with Crippen molar-refractivity contribution in [1.29, 1.82) is 0 Å². The van der Waals surface area contributed by atoms with Gasteiger partial charge in [0.05, 0.1) is 18.2 Å². The molecule has 8 nitrogen and oxygen atoms in total. The third kappa shape index (κ3) is 4.17. The molecule has 4 rings (SSSR count). The van der Waals surface area contributed by atoms with Gasteiger partial charge in [-0.2, -0.15) is 0 Å². The molecular weight excluding hydrogens is 420 g/mol. The Bertz CT molecular complexity index is 1320. The second kappa shape index (κ2) is 9.21. The minimum atomic E-state index is -0.611. The number of aromatic nitrogens is 3. The summed E-state index contributed by atoms with van der Waals surface area (Å²) in [6, 6.07) is 9.03. The van der Waals surface area contributed by atoms with Crippen LogP contribution in [0.4, 0.5) is 0 Å². The quantitative estimate of drug-likeness (QED) is 0.597. The Hall–Kier alpha value is -3.42. The summed E-state index contributed by atoms with van der Waals surface area (Å²) in [5.74, 6) is 0.224. The van der Waals surface area contributed by atoms with Gasteiger partial charge >= 0.3 is 5.69 Å². The fraction of sp³-hybridized carbons (Fsp3) is 0.440. The van der Waals surface area contributed by atoms with Gasteiger partial charge in [-0.25, -0.2) is 18.9 Å². The first-order valence-electron chi connectivity index (χ1n) is 11.4. The van der Waals surface area contributed by atoms with Crippen molar-refractivity contribution in [3.8, 4) is 11.4 Å². The molecule has 33 heavy (non-hydrogen) atoms. The highest BCUT2D eigenvalue weighted by molar-refractivity contribution is 5.81. The van der Waals surface area contributed by atoms with Crippen molar-refractivity contribution in [2.75, 3.05) is 14.2 Å². The molecular formula is C25H30N4O4. The molecule has 0 atom stereocenters. The summed E-state index contributed by atoms with van der Waals surface area (Å²) in [5, 5.41) is 0.319. The van der Waals surface area contributed by atoms with E-state index in [1.807, 2.05) is 13.8 Å². The molecule has 0 spiro atoms. The number of methoxy groups -OCH3 is 1. The van der Waals surface area contributed by atoms with Crippen LogP contribution in [0.2, 0.25) is 0 Å². The van der Waals surface area contributed by atoms with Gasteiger partial charge < -0.3 is 9.64 Å². The fourth-order valence-electron chi connectivity index (χ4n) is 4.77. The largest absolute Gasteiger partial charge is 0.495 e. The van der Waals surface area contributed by atoms with Gasteiger partial charge in [0.15, 0.2) is 5.65 Å². The summed E-state index contributed by atoms with van der Waals surface area (Å²) in [6.07, 6.45) is 5.25. The lowest BCUT2D eigenvalue weighted by atomic mass is 9.94. The number of benzene rings is 1. The summed E-state index contributed by atoms with van der Waals surface area (Å²) in [4.78, 5) is 46.5. The maximum absolute atomic E-state index is 13.7. The number of para-hydroxylation sites is 2. The average Bonchev–Trinajstić information content (AvgIpc) is 2.81. The number of amides is 1. The minimum Gasteiger partial charge on any atom is -0.495 e. The Kier molecular flexibility index (Phi) is 6.35. The topological polar surface area (TPSA) is 86.4 Å². The molecule has 2 heterocycles. The molecule has 0 saturated heterocycles. The van der Waals surface area contributed by atoms with E-state index in [1.165, 1.54) is 18.1 Å². The van der Waals surface area contributed by atoms with Crippen molar-refractivity contribution >= 4 is 16.9 Å². The van der Waals surface area contributed by atoms with Crippen LogP contribution in [0.3, 0.4) is 0 Å². The summed E-state index contributed by atoms with van der Waals surface area (Å²) >= 11 is 0. The summed E-state index contributed by atoms with van der Waals surface area (Å²) < 4.78 is 7.89. The number of aryl methyl sites for hydroxylation is 2. The first kappa shape index (κ1) is 22.8. The minimum absolute atomic E-state index is 0.143. The predicted octanol–water partition coefficient (Wildman–Crippen LogP) is 2.96. The predicted molar refractivity (Wildman–Crippen MR) is 127 cm³/mol. The molecule has 0 aliphatic heterocycles. The molecule has 1 aliphatic carbocycles. The van der Waals surface area contributed by atoms with Crippen molar-refractivity contribution in [3.05, 3.63) is 62.4 Å². The van der Waals surface area contributed by atoms with E-state index in [1.54, 1.807) is 42.3 Å². The van der Waals surface area contributed by atoms with Gasteiger partial charge in [0, 0.05) is 18.8 Å². The molecule has 1 amide bonds. The number of hydrogen-bond acceptors (Lipinski definition) is 5. The molecule has 1 aromatic carbocycles. The van der Waals surface area contributed by atoms with Crippen LogP contribution < -0.4 is 16.0 Å². The van der Waals surface area contributed by atoms with Crippen LogP contribution in [0.5, 0.6) is 5.75 Å². The Labute approximate surface area is 192 Å². The molecule has 1 saturated carbocycles. The lowest BCUT2D eigenvalue weighted by Crippen LogP contribution is -2.46. The smallest absolute Gasteiger partial charge is 0.337 e. The van der Waals surface area contributed by atoms with Gasteiger partial charge in [0.1, 0.15) is 12.3 Å². The molecule has 1 fully saturated rings. The van der Waals surface area contributed by atoms with E-state index >= 15 is 0 Å². The Morgan fingerprint density at radius 2 is 1.85 bits per heavy atom. The maximum atomic E-state index is 13.7. The molecule has 2 aromatic heterocycles. The number of carbonyl (C=O) groups is 1. The van der Waals surface area contributed by atoms with E-state index < -0.39 is 11.2 Å². The monoisotopic (exact) mass is 450 g/mol. The third-order valence-corrected chi connectivity index (χ3v) is 6.55. The summed E-state index contributed by atoms with van der Waals surface area (Å²) in [5.41, 5.74) is 1.00. The Morgan fingerprint density at radius 1 is 1.15 bits per heavy atom. The van der Waals surface area contributed by atoms with E-state index in [4.69, 9.17) is 4.74 Å². The van der Waals surface area contributed by atoms with Gasteiger partial charge in [0.25, 0.3) is 5.56 Å². The van der Waals surface area contributed by atoms with E-state index in [2.05, 4.69) is 4.98 Å². The summed E-state index contributed by atoms with van der Waals surface area (Å²) in [7, 11) is 3.29. The van der Waals surface area contributed by atoms with Crippen molar-refractivity contribution in [1.82, 2.24) is 19.0 Å². The van der Waals surface area contributed by atoms with Crippen molar-refractivity contribution in [3.63, 3.8) is 0 Å². The van der Waals surface area contributed by atoms with Gasteiger partial charge in [-0.1, -0.05) is 31.4 Å². The van der Waals surface area contributed by atoms with Crippen LogP contribution in [-0.2, 0) is 11.3 Å². The standard InChI is InChI=1S/C25H30N4O4/c1-16-14-17(2)26-23-22(16)24(31)28(15-21(30)27(3)18-10-6-5-7-11-18)25(32)29(23)19-12-8-9-13-20(19)33-4/h8-9,12-14,18H,5-7,10-11,15H2,1-4H3. The fourth-order valence-corrected chi connectivity index (χ4v) is 4.77. The molecule has 0 bridgehead atoms. The van der Waals surface area contributed by atoms with E-state index in [0.29, 0.717) is 28.1 Å². The van der Waals surface area contributed by atoms with E-state index in [0.717, 1.165) is 30.3 Å². The van der Waals surface area contributed by atoms with Crippen LogP contribution in [0.25, 0.3) is 16.7 Å². The van der Waals surface area contributed by atoms with Crippen molar-refractivity contribution in [2.45, 2.75) is 58.5 Å². The SMILES string of the molecule is COc1ccccc1-n1c(=O)n(CC(=O)N(C)C2CCCCC2)c(=O)c2c(C)cc(C)nc21. The second-order valence-electron chi connectivity index (χ2n) is 8.76. The average molecular weight is 451 g/mol. The van der Waals surface area contributed by atoms with Crippen LogP contribution >= 0.6 is 0 Å². The molecule has 0 N–H and O–H groups in total. The van der Waals surface area contributed by atoms with E-state index in [-0.39, 0.29) is 24.1 Å². The number of rotatable bonds is 5. The Balaban J connectivity index is 1.92. The van der Waals surface area contributed by atoms with Gasteiger partial charge in [0.2, 0.25) is 5.91 Å². The third-order valence-electron chi connectivity index (χ3n) is 6.55. The maximum Gasteiger partial charge on any atom is 0.337 e. The zero-order valence-electron chi connectivity index (χ0n) is 19.6. The van der Waals surface area contributed by atoms with Crippen LogP contribution in [0, 0.1) is 13.8 Å². The first-order valence-corrected chi connectivity index (χ1v) is 11.4. The van der Waals surface area contributed by atoms with Gasteiger partial charge in [-0.3, -0.25) is 9.59 Å². The molecule has 8 heteroatoms. The highest BCUT2D eigenvalue weighted by Crippen LogP contribution is 2.25. The molecule has 0 radical (unpaired) electrons. The highest BCUT2D eigenvalue weighted by Gasteiger charge is 2.25. The molecule has 1 aliphatic rings. The number of likely N-dealkylation sites (N-methyl/N-ethyl adjacent to an activating group) is 1. The lowest BCUT2D eigenvalue weighted by molar-refractivity contribution is -0.133. The number of pyridine rings is 1.